The van der Waals surface area contributed by atoms with Crippen molar-refractivity contribution in [2.24, 2.45) is 0 Å². The first-order valence-corrected chi connectivity index (χ1v) is 6.62. The summed E-state index contributed by atoms with van der Waals surface area (Å²) in [6, 6.07) is 16.6. The van der Waals surface area contributed by atoms with E-state index in [1.807, 2.05) is 42.5 Å². The number of aromatic nitrogens is 1. The van der Waals surface area contributed by atoms with Crippen molar-refractivity contribution in [3.63, 3.8) is 0 Å². The summed E-state index contributed by atoms with van der Waals surface area (Å²) in [6.45, 7) is 0. The summed E-state index contributed by atoms with van der Waals surface area (Å²) >= 11 is 4.23. The highest BCUT2D eigenvalue weighted by Crippen LogP contribution is 2.18. The normalized spacial score (nSPS) is 10.4. The number of hydrogen-bond acceptors (Lipinski definition) is 3. The molecule has 0 bridgehead atoms. The Bertz CT molecular complexity index is 786. The molecule has 3 aromatic rings. The van der Waals surface area contributed by atoms with E-state index in [-0.39, 0.29) is 5.91 Å². The van der Waals surface area contributed by atoms with Crippen LogP contribution in [0.1, 0.15) is 10.4 Å². The van der Waals surface area contributed by atoms with Crippen molar-refractivity contribution >= 4 is 35.1 Å². The van der Waals surface area contributed by atoms with Gasteiger partial charge in [0.15, 0.2) is 0 Å². The zero-order chi connectivity index (χ0) is 13.9. The third-order valence-corrected chi connectivity index (χ3v) is 3.25. The minimum atomic E-state index is -0.149. The quantitative estimate of drug-likeness (QED) is 0.702. The van der Waals surface area contributed by atoms with Gasteiger partial charge in [-0.25, -0.2) is 0 Å². The Kier molecular flexibility index (Phi) is 3.39. The van der Waals surface area contributed by atoms with Crippen molar-refractivity contribution in [3.8, 4) is 0 Å². The number of amides is 1. The van der Waals surface area contributed by atoms with Crippen LogP contribution >= 0.6 is 12.6 Å². The largest absolute Gasteiger partial charge is 0.322 e. The molecule has 0 spiro atoms. The fourth-order valence-corrected chi connectivity index (χ4v) is 2.23. The lowest BCUT2D eigenvalue weighted by molar-refractivity contribution is 0.102. The number of carbonyl (C=O) groups is 1. The predicted octanol–water partition coefficient (Wildman–Crippen LogP) is 3.78. The molecule has 1 aromatic heterocycles. The number of rotatable bonds is 2. The number of benzene rings is 2. The van der Waals surface area contributed by atoms with Crippen LogP contribution in [0.5, 0.6) is 0 Å². The molecule has 3 rings (SSSR count). The average Bonchev–Trinajstić information content (AvgIpc) is 2.47. The fourth-order valence-electron chi connectivity index (χ4n) is 2.00. The molecule has 98 valence electrons. The SMILES string of the molecule is O=C(Nc1ccc2ncccc2c1)c1cccc(S)c1. The lowest BCUT2D eigenvalue weighted by Crippen LogP contribution is -2.11. The fraction of sp³-hybridized carbons (Fsp3) is 0. The monoisotopic (exact) mass is 280 g/mol. The minimum Gasteiger partial charge on any atom is -0.322 e. The zero-order valence-electron chi connectivity index (χ0n) is 10.6. The van der Waals surface area contributed by atoms with Crippen LogP contribution in [0.15, 0.2) is 65.7 Å². The van der Waals surface area contributed by atoms with E-state index < -0.39 is 0 Å². The molecule has 1 heterocycles. The zero-order valence-corrected chi connectivity index (χ0v) is 11.5. The van der Waals surface area contributed by atoms with Crippen LogP contribution in [0, 0.1) is 0 Å². The van der Waals surface area contributed by atoms with E-state index >= 15 is 0 Å². The molecule has 0 saturated heterocycles. The highest BCUT2D eigenvalue weighted by molar-refractivity contribution is 7.80. The molecule has 0 aliphatic rings. The summed E-state index contributed by atoms with van der Waals surface area (Å²) < 4.78 is 0. The summed E-state index contributed by atoms with van der Waals surface area (Å²) in [6.07, 6.45) is 1.75. The number of hydrogen-bond donors (Lipinski definition) is 2. The Morgan fingerprint density at radius 3 is 2.80 bits per heavy atom. The van der Waals surface area contributed by atoms with Crippen molar-refractivity contribution in [2.75, 3.05) is 5.32 Å². The highest BCUT2D eigenvalue weighted by Gasteiger charge is 2.06. The lowest BCUT2D eigenvalue weighted by Gasteiger charge is -2.06. The van der Waals surface area contributed by atoms with Crippen molar-refractivity contribution in [3.05, 3.63) is 66.4 Å². The molecule has 0 unspecified atom stereocenters. The van der Waals surface area contributed by atoms with Gasteiger partial charge in [-0.2, -0.15) is 0 Å². The number of nitrogens with one attached hydrogen (secondary N) is 1. The molecule has 0 fully saturated rings. The van der Waals surface area contributed by atoms with E-state index in [9.17, 15) is 4.79 Å². The van der Waals surface area contributed by atoms with Crippen LogP contribution in [0.2, 0.25) is 0 Å². The number of anilines is 1. The van der Waals surface area contributed by atoms with Gasteiger partial charge in [0.2, 0.25) is 0 Å². The van der Waals surface area contributed by atoms with Gasteiger partial charge in [-0.05, 0) is 42.5 Å². The van der Waals surface area contributed by atoms with E-state index in [1.165, 1.54) is 0 Å². The molecule has 4 heteroatoms. The van der Waals surface area contributed by atoms with Crippen LogP contribution in [-0.2, 0) is 0 Å². The number of thiol groups is 1. The Labute approximate surface area is 122 Å². The first-order chi connectivity index (χ1) is 9.72. The van der Waals surface area contributed by atoms with Gasteiger partial charge in [0.25, 0.3) is 5.91 Å². The molecule has 1 amide bonds. The second-order valence-electron chi connectivity index (χ2n) is 4.42. The predicted molar refractivity (Wildman–Crippen MR) is 83.4 cm³/mol. The highest BCUT2D eigenvalue weighted by atomic mass is 32.1. The molecule has 20 heavy (non-hydrogen) atoms. The summed E-state index contributed by atoms with van der Waals surface area (Å²) in [5.41, 5.74) is 2.24. The van der Waals surface area contributed by atoms with Gasteiger partial charge in [-0.15, -0.1) is 12.6 Å². The number of pyridine rings is 1. The Morgan fingerprint density at radius 1 is 1.05 bits per heavy atom. The summed E-state index contributed by atoms with van der Waals surface area (Å²) in [5, 5.41) is 3.87. The number of nitrogens with zero attached hydrogens (tertiary/aromatic N) is 1. The van der Waals surface area contributed by atoms with Crippen LogP contribution in [0.25, 0.3) is 10.9 Å². The van der Waals surface area contributed by atoms with Crippen molar-refractivity contribution in [1.29, 1.82) is 0 Å². The number of carbonyl (C=O) groups excluding carboxylic acids is 1. The van der Waals surface area contributed by atoms with Crippen molar-refractivity contribution in [1.82, 2.24) is 4.98 Å². The van der Waals surface area contributed by atoms with Crippen LogP contribution in [0.4, 0.5) is 5.69 Å². The van der Waals surface area contributed by atoms with E-state index in [0.717, 1.165) is 21.5 Å². The molecule has 0 radical (unpaired) electrons. The Hall–Kier alpha value is -2.33. The Morgan fingerprint density at radius 2 is 1.95 bits per heavy atom. The van der Waals surface area contributed by atoms with Gasteiger partial charge in [-0.3, -0.25) is 9.78 Å². The van der Waals surface area contributed by atoms with Gasteiger partial charge in [0.1, 0.15) is 0 Å². The van der Waals surface area contributed by atoms with Crippen LogP contribution < -0.4 is 5.32 Å². The van der Waals surface area contributed by atoms with E-state index in [2.05, 4.69) is 22.9 Å². The summed E-state index contributed by atoms with van der Waals surface area (Å²) in [5.74, 6) is -0.149. The molecule has 3 nitrogen and oxygen atoms in total. The molecular weight excluding hydrogens is 268 g/mol. The maximum Gasteiger partial charge on any atom is 0.255 e. The molecule has 1 N–H and O–H groups in total. The lowest BCUT2D eigenvalue weighted by atomic mass is 10.1. The van der Waals surface area contributed by atoms with E-state index in [4.69, 9.17) is 0 Å². The first-order valence-electron chi connectivity index (χ1n) is 6.17. The molecule has 2 aromatic carbocycles. The third-order valence-electron chi connectivity index (χ3n) is 2.97. The molecule has 0 aliphatic carbocycles. The smallest absolute Gasteiger partial charge is 0.255 e. The minimum absolute atomic E-state index is 0.149. The number of fused-ring (bicyclic) bond motifs is 1. The molecular formula is C16H12N2OS. The first kappa shape index (κ1) is 12.7. The molecule has 0 aliphatic heterocycles. The van der Waals surface area contributed by atoms with Crippen molar-refractivity contribution in [2.45, 2.75) is 4.90 Å². The van der Waals surface area contributed by atoms with E-state index in [1.54, 1.807) is 18.3 Å². The second kappa shape index (κ2) is 5.35. The molecule has 0 saturated carbocycles. The average molecular weight is 280 g/mol. The van der Waals surface area contributed by atoms with Gasteiger partial charge >= 0.3 is 0 Å². The van der Waals surface area contributed by atoms with Gasteiger partial charge in [0, 0.05) is 27.7 Å². The maximum absolute atomic E-state index is 12.1. The summed E-state index contributed by atoms with van der Waals surface area (Å²) in [7, 11) is 0. The molecule has 0 atom stereocenters. The summed E-state index contributed by atoms with van der Waals surface area (Å²) in [4.78, 5) is 17.2. The maximum atomic E-state index is 12.1. The van der Waals surface area contributed by atoms with Crippen LogP contribution in [-0.4, -0.2) is 10.9 Å². The van der Waals surface area contributed by atoms with E-state index in [0.29, 0.717) is 5.56 Å². The van der Waals surface area contributed by atoms with Crippen molar-refractivity contribution < 1.29 is 4.79 Å². The topological polar surface area (TPSA) is 42.0 Å². The van der Waals surface area contributed by atoms with Gasteiger partial charge in [-0.1, -0.05) is 12.1 Å². The third kappa shape index (κ3) is 2.65. The Balaban J connectivity index is 1.87. The van der Waals surface area contributed by atoms with Crippen LogP contribution in [0.3, 0.4) is 0 Å². The standard InChI is InChI=1S/C16H12N2OS/c19-16(12-3-1-5-14(20)10-12)18-13-6-7-15-11(9-13)4-2-8-17-15/h1-10,20H,(H,18,19). The van der Waals surface area contributed by atoms with Gasteiger partial charge < -0.3 is 5.32 Å². The second-order valence-corrected chi connectivity index (χ2v) is 4.93. The van der Waals surface area contributed by atoms with Gasteiger partial charge in [0.05, 0.1) is 5.52 Å².